The van der Waals surface area contributed by atoms with Gasteiger partial charge in [-0.15, -0.1) is 0 Å². The maximum absolute atomic E-state index is 5.97. The molecule has 0 radical (unpaired) electrons. The zero-order chi connectivity index (χ0) is 11.4. The van der Waals surface area contributed by atoms with Crippen molar-refractivity contribution in [3.8, 4) is 0 Å². The molecule has 3 heteroatoms. The molecular formula is C13H21N3. The fourth-order valence-corrected chi connectivity index (χ4v) is 2.27. The van der Waals surface area contributed by atoms with Crippen molar-refractivity contribution in [3.05, 3.63) is 29.8 Å². The number of hydrazine groups is 1. The molecule has 1 aliphatic heterocycles. The number of nitrogens with zero attached hydrogens (tertiary/aromatic N) is 1. The summed E-state index contributed by atoms with van der Waals surface area (Å²) >= 11 is 0. The summed E-state index contributed by atoms with van der Waals surface area (Å²) in [5, 5.41) is 2.32. The fraction of sp³-hybridized carbons (Fsp3) is 0.538. The average Bonchev–Trinajstić information content (AvgIpc) is 2.31. The van der Waals surface area contributed by atoms with E-state index in [2.05, 4.69) is 23.4 Å². The van der Waals surface area contributed by atoms with Gasteiger partial charge in [-0.3, -0.25) is 0 Å². The van der Waals surface area contributed by atoms with Crippen LogP contribution in [0.1, 0.15) is 37.8 Å². The molecule has 16 heavy (non-hydrogen) atoms. The quantitative estimate of drug-likeness (QED) is 0.767. The number of para-hydroxylation sites is 1. The summed E-state index contributed by atoms with van der Waals surface area (Å²) < 4.78 is 0. The summed E-state index contributed by atoms with van der Waals surface area (Å²) in [6.45, 7) is 4.47. The SMILES string of the molecule is CC(NN1CCCCC1)c1ccccc1N. The van der Waals surface area contributed by atoms with Crippen LogP contribution in [0.25, 0.3) is 0 Å². The Hall–Kier alpha value is -1.06. The summed E-state index contributed by atoms with van der Waals surface area (Å²) in [4.78, 5) is 0. The van der Waals surface area contributed by atoms with Gasteiger partial charge >= 0.3 is 0 Å². The first kappa shape index (κ1) is 11.4. The van der Waals surface area contributed by atoms with E-state index in [0.717, 1.165) is 18.8 Å². The van der Waals surface area contributed by atoms with E-state index in [0.29, 0.717) is 6.04 Å². The van der Waals surface area contributed by atoms with Crippen molar-refractivity contribution in [2.45, 2.75) is 32.2 Å². The molecule has 1 aromatic carbocycles. The molecule has 1 atom stereocenters. The van der Waals surface area contributed by atoms with Gasteiger partial charge in [0, 0.05) is 24.8 Å². The van der Waals surface area contributed by atoms with E-state index in [1.54, 1.807) is 0 Å². The minimum absolute atomic E-state index is 0.291. The largest absolute Gasteiger partial charge is 0.398 e. The molecular weight excluding hydrogens is 198 g/mol. The fourth-order valence-electron chi connectivity index (χ4n) is 2.27. The minimum Gasteiger partial charge on any atom is -0.398 e. The molecule has 0 aliphatic carbocycles. The van der Waals surface area contributed by atoms with Gasteiger partial charge in [-0.2, -0.15) is 0 Å². The number of hydrogen-bond donors (Lipinski definition) is 2. The molecule has 0 saturated carbocycles. The van der Waals surface area contributed by atoms with Crippen molar-refractivity contribution in [1.29, 1.82) is 0 Å². The molecule has 1 aliphatic rings. The second-order valence-corrected chi connectivity index (χ2v) is 4.53. The molecule has 88 valence electrons. The van der Waals surface area contributed by atoms with Crippen molar-refractivity contribution in [2.75, 3.05) is 18.8 Å². The molecule has 1 saturated heterocycles. The third-order valence-corrected chi connectivity index (χ3v) is 3.19. The number of rotatable bonds is 3. The Morgan fingerprint density at radius 2 is 1.88 bits per heavy atom. The van der Waals surface area contributed by atoms with Crippen LogP contribution in [-0.4, -0.2) is 18.1 Å². The van der Waals surface area contributed by atoms with Crippen molar-refractivity contribution >= 4 is 5.69 Å². The van der Waals surface area contributed by atoms with Gasteiger partial charge in [-0.05, 0) is 31.4 Å². The first-order valence-electron chi connectivity index (χ1n) is 6.13. The number of anilines is 1. The number of nitrogen functional groups attached to an aromatic ring is 1. The summed E-state index contributed by atoms with van der Waals surface area (Å²) in [7, 11) is 0. The van der Waals surface area contributed by atoms with Crippen LogP contribution < -0.4 is 11.2 Å². The van der Waals surface area contributed by atoms with Crippen LogP contribution >= 0.6 is 0 Å². The summed E-state index contributed by atoms with van der Waals surface area (Å²) in [5.41, 5.74) is 11.6. The van der Waals surface area contributed by atoms with Crippen LogP contribution in [0, 0.1) is 0 Å². The Morgan fingerprint density at radius 3 is 2.56 bits per heavy atom. The number of piperidine rings is 1. The molecule has 0 aromatic heterocycles. The van der Waals surface area contributed by atoms with Crippen LogP contribution in [0.2, 0.25) is 0 Å². The van der Waals surface area contributed by atoms with Crippen LogP contribution in [0.3, 0.4) is 0 Å². The van der Waals surface area contributed by atoms with Gasteiger partial charge in [0.2, 0.25) is 0 Å². The van der Waals surface area contributed by atoms with E-state index in [-0.39, 0.29) is 0 Å². The van der Waals surface area contributed by atoms with Crippen molar-refractivity contribution in [2.24, 2.45) is 0 Å². The van der Waals surface area contributed by atoms with E-state index in [1.807, 2.05) is 18.2 Å². The molecule has 3 N–H and O–H groups in total. The van der Waals surface area contributed by atoms with Crippen LogP contribution in [-0.2, 0) is 0 Å². The highest BCUT2D eigenvalue weighted by molar-refractivity contribution is 5.47. The van der Waals surface area contributed by atoms with Gasteiger partial charge in [0.05, 0.1) is 0 Å². The summed E-state index contributed by atoms with van der Waals surface area (Å²) in [6, 6.07) is 8.37. The minimum atomic E-state index is 0.291. The van der Waals surface area contributed by atoms with Gasteiger partial charge in [0.1, 0.15) is 0 Å². The van der Waals surface area contributed by atoms with E-state index in [4.69, 9.17) is 5.73 Å². The lowest BCUT2D eigenvalue weighted by molar-refractivity contribution is 0.133. The van der Waals surface area contributed by atoms with Crippen molar-refractivity contribution < 1.29 is 0 Å². The molecule has 2 rings (SSSR count). The zero-order valence-corrected chi connectivity index (χ0v) is 9.95. The Bertz CT molecular complexity index is 332. The number of nitrogens with two attached hydrogens (primary N) is 1. The molecule has 1 unspecified atom stereocenters. The monoisotopic (exact) mass is 219 g/mol. The molecule has 0 spiro atoms. The van der Waals surface area contributed by atoms with Crippen molar-refractivity contribution in [3.63, 3.8) is 0 Å². The third-order valence-electron chi connectivity index (χ3n) is 3.19. The van der Waals surface area contributed by atoms with E-state index in [1.165, 1.54) is 24.8 Å². The van der Waals surface area contributed by atoms with E-state index >= 15 is 0 Å². The molecule has 0 amide bonds. The van der Waals surface area contributed by atoms with E-state index in [9.17, 15) is 0 Å². The van der Waals surface area contributed by atoms with Gasteiger partial charge in [-0.25, -0.2) is 10.4 Å². The van der Waals surface area contributed by atoms with Crippen LogP contribution in [0.15, 0.2) is 24.3 Å². The third kappa shape index (κ3) is 2.74. The smallest absolute Gasteiger partial charge is 0.0456 e. The van der Waals surface area contributed by atoms with Crippen LogP contribution in [0.4, 0.5) is 5.69 Å². The topological polar surface area (TPSA) is 41.3 Å². The predicted molar refractivity (Wildman–Crippen MR) is 67.8 cm³/mol. The van der Waals surface area contributed by atoms with Gasteiger partial charge in [-0.1, -0.05) is 24.6 Å². The molecule has 1 fully saturated rings. The first-order chi connectivity index (χ1) is 7.77. The normalized spacial score (nSPS) is 19.6. The maximum atomic E-state index is 5.97. The second kappa shape index (κ2) is 5.32. The van der Waals surface area contributed by atoms with Crippen molar-refractivity contribution in [1.82, 2.24) is 10.4 Å². The highest BCUT2D eigenvalue weighted by Gasteiger charge is 2.14. The molecule has 1 aromatic rings. The standard InChI is InChI=1S/C13H21N3/c1-11(12-7-3-4-8-13(12)14)15-16-9-5-2-6-10-16/h3-4,7-8,11,15H,2,5-6,9-10,14H2,1H3. The Kier molecular flexibility index (Phi) is 3.80. The zero-order valence-electron chi connectivity index (χ0n) is 9.95. The first-order valence-corrected chi connectivity index (χ1v) is 6.13. The lowest BCUT2D eigenvalue weighted by atomic mass is 10.1. The second-order valence-electron chi connectivity index (χ2n) is 4.53. The highest BCUT2D eigenvalue weighted by atomic mass is 15.5. The van der Waals surface area contributed by atoms with Gasteiger partial charge in [0.15, 0.2) is 0 Å². The molecule has 3 nitrogen and oxygen atoms in total. The Labute approximate surface area is 97.6 Å². The summed E-state index contributed by atoms with van der Waals surface area (Å²) in [6.07, 6.45) is 3.95. The highest BCUT2D eigenvalue weighted by Crippen LogP contribution is 2.20. The van der Waals surface area contributed by atoms with Gasteiger partial charge < -0.3 is 5.73 Å². The number of benzene rings is 1. The van der Waals surface area contributed by atoms with Gasteiger partial charge in [0.25, 0.3) is 0 Å². The van der Waals surface area contributed by atoms with Crippen LogP contribution in [0.5, 0.6) is 0 Å². The van der Waals surface area contributed by atoms with E-state index < -0.39 is 0 Å². The molecule has 0 bridgehead atoms. The lowest BCUT2D eigenvalue weighted by Gasteiger charge is -2.30. The maximum Gasteiger partial charge on any atom is 0.0456 e. The lowest BCUT2D eigenvalue weighted by Crippen LogP contribution is -2.42. The Balaban J connectivity index is 1.96. The predicted octanol–water partition coefficient (Wildman–Crippen LogP) is 2.32. The number of nitrogens with one attached hydrogen (secondary N) is 1. The summed E-state index contributed by atoms with van der Waals surface area (Å²) in [5.74, 6) is 0. The molecule has 1 heterocycles. The Morgan fingerprint density at radius 1 is 1.19 bits per heavy atom. The number of hydrogen-bond acceptors (Lipinski definition) is 3. The average molecular weight is 219 g/mol.